The molecule has 146 valence electrons. The van der Waals surface area contributed by atoms with Gasteiger partial charge < -0.3 is 19.9 Å². The molecule has 4 aliphatic rings. The van der Waals surface area contributed by atoms with E-state index in [0.717, 1.165) is 30.6 Å². The highest BCUT2D eigenvalue weighted by molar-refractivity contribution is 5.67. The first-order chi connectivity index (χ1) is 12.9. The van der Waals surface area contributed by atoms with E-state index >= 15 is 0 Å². The molecular formula is C23H31NO3. The van der Waals surface area contributed by atoms with E-state index in [1.807, 2.05) is 0 Å². The Morgan fingerprint density at radius 3 is 2.67 bits per heavy atom. The predicted octanol–water partition coefficient (Wildman–Crippen LogP) is 4.35. The summed E-state index contributed by atoms with van der Waals surface area (Å²) in [5.74, 6) is 1.81. The molecular weight excluding hydrogens is 338 g/mol. The highest BCUT2D eigenvalue weighted by Gasteiger charge is 2.66. The van der Waals surface area contributed by atoms with Crippen molar-refractivity contribution >= 4 is 6.08 Å². The first-order valence-corrected chi connectivity index (χ1v) is 10.3. The second kappa shape index (κ2) is 5.59. The molecule has 4 nitrogen and oxygen atoms in total. The fourth-order valence-corrected chi connectivity index (χ4v) is 6.39. The minimum absolute atomic E-state index is 0.118. The van der Waals surface area contributed by atoms with Gasteiger partial charge in [0.2, 0.25) is 0 Å². The minimum atomic E-state index is -0.466. The van der Waals surface area contributed by atoms with E-state index in [0.29, 0.717) is 24.3 Å². The molecule has 1 aromatic rings. The van der Waals surface area contributed by atoms with E-state index < -0.39 is 5.79 Å². The smallest absolute Gasteiger partial charge is 0.173 e. The summed E-state index contributed by atoms with van der Waals surface area (Å²) in [4.78, 5) is 0. The lowest BCUT2D eigenvalue weighted by Gasteiger charge is -2.54. The number of ether oxygens (including phenoxy) is 3. The number of hydrogen-bond donors (Lipinski definition) is 1. The maximum Gasteiger partial charge on any atom is 0.173 e. The first kappa shape index (κ1) is 17.7. The SMILES string of the molecule is COc1ccc2c(c1CN)C=CC1[C@@H]3CC[C@]21O[C@]1(CCC(C)(C)O1)[C@H]3C. The van der Waals surface area contributed by atoms with Crippen molar-refractivity contribution < 1.29 is 14.2 Å². The summed E-state index contributed by atoms with van der Waals surface area (Å²) in [5, 5.41) is 0. The van der Waals surface area contributed by atoms with E-state index in [-0.39, 0.29) is 11.2 Å². The molecule has 1 saturated carbocycles. The Bertz CT molecular complexity index is 816. The summed E-state index contributed by atoms with van der Waals surface area (Å²) in [5.41, 5.74) is 9.24. The molecule has 1 aromatic carbocycles. The van der Waals surface area contributed by atoms with Crippen molar-refractivity contribution in [2.45, 2.75) is 70.0 Å². The summed E-state index contributed by atoms with van der Waals surface area (Å²) >= 11 is 0. The molecule has 2 heterocycles. The molecule has 3 fully saturated rings. The zero-order chi connectivity index (χ0) is 19.0. The van der Waals surface area contributed by atoms with Crippen molar-refractivity contribution in [2.75, 3.05) is 7.11 Å². The van der Waals surface area contributed by atoms with Gasteiger partial charge in [-0.15, -0.1) is 0 Å². The first-order valence-electron chi connectivity index (χ1n) is 10.3. The van der Waals surface area contributed by atoms with Crippen LogP contribution in [0.3, 0.4) is 0 Å². The number of rotatable bonds is 2. The lowest BCUT2D eigenvalue weighted by Crippen LogP contribution is -2.57. The van der Waals surface area contributed by atoms with Crippen LogP contribution >= 0.6 is 0 Å². The lowest BCUT2D eigenvalue weighted by molar-refractivity contribution is -0.349. The molecule has 2 aliphatic heterocycles. The van der Waals surface area contributed by atoms with Gasteiger partial charge in [-0.25, -0.2) is 0 Å². The third kappa shape index (κ3) is 2.21. The summed E-state index contributed by atoms with van der Waals surface area (Å²) < 4.78 is 19.3. The van der Waals surface area contributed by atoms with E-state index in [2.05, 4.69) is 45.1 Å². The van der Waals surface area contributed by atoms with Crippen LogP contribution in [0.25, 0.3) is 6.08 Å². The standard InChI is InChI=1S/C23H31NO3/c1-14-15-9-10-22(27-23(14)12-11-21(2,3)26-23)18(15)6-5-16-17(13-24)20(25-4)8-7-19(16)22/h5-8,14-15,18H,9-13,24H2,1-4H3/t14-,15+,18?,22+,23+/m0/s1. The van der Waals surface area contributed by atoms with Crippen LogP contribution in [-0.4, -0.2) is 18.5 Å². The molecule has 1 spiro atoms. The van der Waals surface area contributed by atoms with Gasteiger partial charge in [0.15, 0.2) is 5.79 Å². The molecule has 4 heteroatoms. The number of hydrogen-bond acceptors (Lipinski definition) is 4. The van der Waals surface area contributed by atoms with E-state index in [1.54, 1.807) is 7.11 Å². The van der Waals surface area contributed by atoms with Crippen molar-refractivity contribution in [2.24, 2.45) is 23.5 Å². The number of nitrogens with two attached hydrogens (primary N) is 1. The molecule has 1 unspecified atom stereocenters. The number of benzene rings is 1. The predicted molar refractivity (Wildman–Crippen MR) is 105 cm³/mol. The van der Waals surface area contributed by atoms with Crippen molar-refractivity contribution in [3.63, 3.8) is 0 Å². The zero-order valence-electron chi connectivity index (χ0n) is 16.9. The van der Waals surface area contributed by atoms with Crippen molar-refractivity contribution in [3.05, 3.63) is 34.9 Å². The molecule has 0 radical (unpaired) electrons. The molecule has 2 N–H and O–H groups in total. The normalized spacial score (nSPS) is 40.9. The van der Waals surface area contributed by atoms with Gasteiger partial charge in [-0.3, -0.25) is 0 Å². The van der Waals surface area contributed by atoms with Gasteiger partial charge in [0.05, 0.1) is 12.7 Å². The average Bonchev–Trinajstić information content (AvgIpc) is 3.14. The van der Waals surface area contributed by atoms with Crippen molar-refractivity contribution in [1.82, 2.24) is 0 Å². The van der Waals surface area contributed by atoms with Crippen LogP contribution < -0.4 is 10.5 Å². The zero-order valence-corrected chi connectivity index (χ0v) is 16.9. The van der Waals surface area contributed by atoms with Crippen molar-refractivity contribution in [1.29, 1.82) is 0 Å². The van der Waals surface area contributed by atoms with Crippen LogP contribution in [0.4, 0.5) is 0 Å². The topological polar surface area (TPSA) is 53.7 Å². The van der Waals surface area contributed by atoms with Gasteiger partial charge in [-0.05, 0) is 56.2 Å². The summed E-state index contributed by atoms with van der Waals surface area (Å²) in [6.45, 7) is 7.18. The third-order valence-electron chi connectivity index (χ3n) is 7.73. The van der Waals surface area contributed by atoms with Gasteiger partial charge in [-0.1, -0.05) is 25.1 Å². The van der Waals surface area contributed by atoms with Crippen LogP contribution in [0.15, 0.2) is 18.2 Å². The molecule has 5 rings (SSSR count). The van der Waals surface area contributed by atoms with E-state index in [9.17, 15) is 0 Å². The van der Waals surface area contributed by atoms with Gasteiger partial charge in [0.1, 0.15) is 11.4 Å². The largest absolute Gasteiger partial charge is 0.496 e. The van der Waals surface area contributed by atoms with Crippen LogP contribution in [-0.2, 0) is 21.6 Å². The fraction of sp³-hybridized carbons (Fsp3) is 0.652. The van der Waals surface area contributed by atoms with Crippen LogP contribution in [0.2, 0.25) is 0 Å². The molecule has 2 aliphatic carbocycles. The molecule has 0 amide bonds. The summed E-state index contributed by atoms with van der Waals surface area (Å²) in [6, 6.07) is 4.27. The van der Waals surface area contributed by atoms with E-state index in [1.165, 1.54) is 17.5 Å². The quantitative estimate of drug-likeness (QED) is 0.842. The minimum Gasteiger partial charge on any atom is -0.496 e. The van der Waals surface area contributed by atoms with Crippen LogP contribution in [0, 0.1) is 17.8 Å². The van der Waals surface area contributed by atoms with Crippen molar-refractivity contribution in [3.8, 4) is 5.75 Å². The second-order valence-corrected chi connectivity index (χ2v) is 9.45. The molecule has 5 atom stereocenters. The monoisotopic (exact) mass is 369 g/mol. The Morgan fingerprint density at radius 1 is 1.19 bits per heavy atom. The van der Waals surface area contributed by atoms with Crippen LogP contribution in [0.5, 0.6) is 5.75 Å². The van der Waals surface area contributed by atoms with Crippen LogP contribution in [0.1, 0.15) is 63.1 Å². The molecule has 0 aromatic heterocycles. The molecule has 2 bridgehead atoms. The van der Waals surface area contributed by atoms with E-state index in [4.69, 9.17) is 19.9 Å². The van der Waals surface area contributed by atoms with Gasteiger partial charge in [0.25, 0.3) is 0 Å². The molecule has 2 saturated heterocycles. The van der Waals surface area contributed by atoms with Gasteiger partial charge in [-0.2, -0.15) is 0 Å². The second-order valence-electron chi connectivity index (χ2n) is 9.45. The Hall–Kier alpha value is -1.36. The number of methoxy groups -OCH3 is 1. The highest BCUT2D eigenvalue weighted by Crippen LogP contribution is 2.66. The number of fused-ring (bicyclic) bond motifs is 1. The Balaban J connectivity index is 1.66. The highest BCUT2D eigenvalue weighted by atomic mass is 16.7. The fourth-order valence-electron chi connectivity index (χ4n) is 6.39. The summed E-state index contributed by atoms with van der Waals surface area (Å²) in [7, 11) is 1.71. The average molecular weight is 370 g/mol. The van der Waals surface area contributed by atoms with Gasteiger partial charge >= 0.3 is 0 Å². The Kier molecular flexibility index (Phi) is 3.67. The maximum atomic E-state index is 7.11. The molecule has 27 heavy (non-hydrogen) atoms. The van der Waals surface area contributed by atoms with Gasteiger partial charge in [0, 0.05) is 30.4 Å². The lowest BCUT2D eigenvalue weighted by atomic mass is 9.67. The Labute approximate surface area is 162 Å². The Morgan fingerprint density at radius 2 is 2.00 bits per heavy atom. The summed E-state index contributed by atoms with van der Waals surface area (Å²) in [6.07, 6.45) is 8.89. The maximum absolute atomic E-state index is 7.11. The third-order valence-corrected chi connectivity index (χ3v) is 7.73.